The second kappa shape index (κ2) is 6.64. The zero-order chi connectivity index (χ0) is 18.1. The summed E-state index contributed by atoms with van der Waals surface area (Å²) in [7, 11) is 1.33. The van der Waals surface area contributed by atoms with Crippen LogP contribution in [0.5, 0.6) is 0 Å². The van der Waals surface area contributed by atoms with E-state index in [0.717, 1.165) is 6.42 Å². The molecule has 4 rings (SSSR count). The summed E-state index contributed by atoms with van der Waals surface area (Å²) in [6.07, 6.45) is 0.824. The number of carbonyl (C=O) groups is 2. The van der Waals surface area contributed by atoms with Crippen LogP contribution in [0.15, 0.2) is 66.7 Å². The number of ether oxygens (including phenoxy) is 1. The first kappa shape index (κ1) is 16.3. The lowest BCUT2D eigenvalue weighted by Crippen LogP contribution is -2.17. The largest absolute Gasteiger partial charge is 0.465 e. The SMILES string of the molecule is COC(=O)c1ccccc1NC(=O)[C@H]1C[C@@H]1c1ccc2ccccc2c1. The maximum atomic E-state index is 12.6. The number of amides is 1. The molecule has 4 nitrogen and oxygen atoms in total. The van der Waals surface area contributed by atoms with Crippen molar-refractivity contribution in [2.45, 2.75) is 12.3 Å². The number of esters is 1. The molecule has 4 heteroatoms. The van der Waals surface area contributed by atoms with Gasteiger partial charge in [-0.1, -0.05) is 54.6 Å². The Morgan fingerprint density at radius 3 is 2.50 bits per heavy atom. The Bertz CT molecular complexity index is 995. The molecule has 0 aliphatic heterocycles. The van der Waals surface area contributed by atoms with Gasteiger partial charge >= 0.3 is 5.97 Å². The Labute approximate surface area is 151 Å². The quantitative estimate of drug-likeness (QED) is 0.715. The molecule has 1 amide bonds. The number of para-hydroxylation sites is 1. The molecule has 0 saturated heterocycles. The lowest BCUT2D eigenvalue weighted by Gasteiger charge is -2.09. The Morgan fingerprint density at radius 2 is 1.69 bits per heavy atom. The van der Waals surface area contributed by atoms with Gasteiger partial charge in [-0.2, -0.15) is 0 Å². The fourth-order valence-electron chi connectivity index (χ4n) is 3.40. The number of hydrogen-bond donors (Lipinski definition) is 1. The van der Waals surface area contributed by atoms with Gasteiger partial charge < -0.3 is 10.1 Å². The first-order chi connectivity index (χ1) is 12.7. The van der Waals surface area contributed by atoms with E-state index < -0.39 is 5.97 Å². The molecule has 1 aliphatic rings. The summed E-state index contributed by atoms with van der Waals surface area (Å²) in [5.74, 6) is -0.353. The van der Waals surface area contributed by atoms with Crippen LogP contribution in [-0.4, -0.2) is 19.0 Å². The first-order valence-electron chi connectivity index (χ1n) is 8.64. The van der Waals surface area contributed by atoms with E-state index in [1.54, 1.807) is 24.3 Å². The number of anilines is 1. The summed E-state index contributed by atoms with van der Waals surface area (Å²) in [6.45, 7) is 0. The highest BCUT2D eigenvalue weighted by atomic mass is 16.5. The monoisotopic (exact) mass is 345 g/mol. The summed E-state index contributed by atoms with van der Waals surface area (Å²) in [5.41, 5.74) is 2.05. The molecule has 3 aromatic rings. The van der Waals surface area contributed by atoms with Crippen molar-refractivity contribution < 1.29 is 14.3 Å². The molecule has 0 spiro atoms. The van der Waals surface area contributed by atoms with Crippen LogP contribution in [-0.2, 0) is 9.53 Å². The average Bonchev–Trinajstić information content (AvgIpc) is 3.48. The summed E-state index contributed by atoms with van der Waals surface area (Å²) >= 11 is 0. The Kier molecular flexibility index (Phi) is 4.17. The number of methoxy groups -OCH3 is 1. The van der Waals surface area contributed by atoms with E-state index in [-0.39, 0.29) is 17.7 Å². The van der Waals surface area contributed by atoms with Gasteiger partial charge in [0.1, 0.15) is 0 Å². The highest BCUT2D eigenvalue weighted by molar-refractivity contribution is 6.02. The molecule has 3 aromatic carbocycles. The molecular formula is C22H19NO3. The molecule has 0 aromatic heterocycles. The van der Waals surface area contributed by atoms with Gasteiger partial charge in [0.05, 0.1) is 18.4 Å². The average molecular weight is 345 g/mol. The Morgan fingerprint density at radius 1 is 0.962 bits per heavy atom. The molecular weight excluding hydrogens is 326 g/mol. The highest BCUT2D eigenvalue weighted by Gasteiger charge is 2.44. The Hall–Kier alpha value is -3.14. The van der Waals surface area contributed by atoms with Crippen molar-refractivity contribution in [2.75, 3.05) is 12.4 Å². The standard InChI is InChI=1S/C22H19NO3/c1-26-22(25)17-8-4-5-9-20(17)23-21(24)19-13-18(19)16-11-10-14-6-2-3-7-15(14)12-16/h2-12,18-19H,13H2,1H3,(H,23,24)/t18-,19+/m1/s1. The molecule has 0 heterocycles. The summed E-state index contributed by atoms with van der Waals surface area (Å²) in [5, 5.41) is 5.27. The smallest absolute Gasteiger partial charge is 0.339 e. The fraction of sp³-hybridized carbons (Fsp3) is 0.182. The minimum Gasteiger partial charge on any atom is -0.465 e. The van der Waals surface area contributed by atoms with E-state index in [9.17, 15) is 9.59 Å². The van der Waals surface area contributed by atoms with Crippen molar-refractivity contribution in [1.82, 2.24) is 0 Å². The van der Waals surface area contributed by atoms with Crippen molar-refractivity contribution in [3.05, 3.63) is 77.9 Å². The van der Waals surface area contributed by atoms with Gasteiger partial charge in [-0.05, 0) is 40.8 Å². The fourth-order valence-corrected chi connectivity index (χ4v) is 3.40. The summed E-state index contributed by atoms with van der Waals surface area (Å²) in [6, 6.07) is 21.5. The van der Waals surface area contributed by atoms with Gasteiger partial charge in [0.2, 0.25) is 5.91 Å². The van der Waals surface area contributed by atoms with Crippen LogP contribution < -0.4 is 5.32 Å². The minimum atomic E-state index is -0.456. The summed E-state index contributed by atoms with van der Waals surface area (Å²) < 4.78 is 4.78. The maximum absolute atomic E-state index is 12.6. The molecule has 0 bridgehead atoms. The zero-order valence-corrected chi connectivity index (χ0v) is 14.4. The third-order valence-corrected chi connectivity index (χ3v) is 4.92. The molecule has 26 heavy (non-hydrogen) atoms. The Balaban J connectivity index is 1.50. The van der Waals surface area contributed by atoms with Gasteiger partial charge in [0, 0.05) is 5.92 Å². The van der Waals surface area contributed by atoms with Crippen molar-refractivity contribution >= 4 is 28.3 Å². The second-order valence-electron chi connectivity index (χ2n) is 6.58. The van der Waals surface area contributed by atoms with Gasteiger partial charge in [0.25, 0.3) is 0 Å². The van der Waals surface area contributed by atoms with E-state index in [0.29, 0.717) is 11.3 Å². The molecule has 0 unspecified atom stereocenters. The van der Waals surface area contributed by atoms with Gasteiger partial charge in [-0.15, -0.1) is 0 Å². The van der Waals surface area contributed by atoms with Crippen molar-refractivity contribution in [3.8, 4) is 0 Å². The van der Waals surface area contributed by atoms with Crippen molar-refractivity contribution in [2.24, 2.45) is 5.92 Å². The lowest BCUT2D eigenvalue weighted by molar-refractivity contribution is -0.117. The minimum absolute atomic E-state index is 0.0560. The van der Waals surface area contributed by atoms with Crippen molar-refractivity contribution in [3.63, 3.8) is 0 Å². The van der Waals surface area contributed by atoms with E-state index in [1.807, 2.05) is 12.1 Å². The molecule has 2 atom stereocenters. The first-order valence-corrected chi connectivity index (χ1v) is 8.64. The van der Waals surface area contributed by atoms with Crippen LogP contribution >= 0.6 is 0 Å². The molecule has 0 radical (unpaired) electrons. The van der Waals surface area contributed by atoms with Crippen LogP contribution in [0, 0.1) is 5.92 Å². The number of rotatable bonds is 4. The zero-order valence-electron chi connectivity index (χ0n) is 14.4. The van der Waals surface area contributed by atoms with E-state index in [1.165, 1.54) is 23.4 Å². The number of hydrogen-bond acceptors (Lipinski definition) is 3. The highest BCUT2D eigenvalue weighted by Crippen LogP contribution is 2.48. The predicted molar refractivity (Wildman–Crippen MR) is 101 cm³/mol. The van der Waals surface area contributed by atoms with Crippen LogP contribution in [0.4, 0.5) is 5.69 Å². The van der Waals surface area contributed by atoms with Gasteiger partial charge in [-0.3, -0.25) is 4.79 Å². The third-order valence-electron chi connectivity index (χ3n) is 4.92. The normalized spacial score (nSPS) is 18.3. The second-order valence-corrected chi connectivity index (χ2v) is 6.58. The molecule has 1 fully saturated rings. The van der Waals surface area contributed by atoms with Crippen molar-refractivity contribution in [1.29, 1.82) is 0 Å². The van der Waals surface area contributed by atoms with Gasteiger partial charge in [0.15, 0.2) is 0 Å². The van der Waals surface area contributed by atoms with Crippen LogP contribution in [0.1, 0.15) is 28.3 Å². The van der Waals surface area contributed by atoms with Crippen LogP contribution in [0.25, 0.3) is 10.8 Å². The molecule has 1 N–H and O–H groups in total. The number of nitrogens with one attached hydrogen (secondary N) is 1. The van der Waals surface area contributed by atoms with E-state index in [4.69, 9.17) is 4.74 Å². The van der Waals surface area contributed by atoms with E-state index in [2.05, 4.69) is 35.6 Å². The number of fused-ring (bicyclic) bond motifs is 1. The molecule has 130 valence electrons. The summed E-state index contributed by atoms with van der Waals surface area (Å²) in [4.78, 5) is 24.5. The molecule has 1 aliphatic carbocycles. The van der Waals surface area contributed by atoms with Gasteiger partial charge in [-0.25, -0.2) is 4.79 Å². The predicted octanol–water partition coefficient (Wildman–Crippen LogP) is 4.37. The molecule has 1 saturated carbocycles. The maximum Gasteiger partial charge on any atom is 0.339 e. The number of carbonyl (C=O) groups excluding carboxylic acids is 2. The lowest BCUT2D eigenvalue weighted by atomic mass is 10.0. The number of benzene rings is 3. The third kappa shape index (κ3) is 3.06. The van der Waals surface area contributed by atoms with Crippen LogP contribution in [0.2, 0.25) is 0 Å². The topological polar surface area (TPSA) is 55.4 Å². The van der Waals surface area contributed by atoms with Crippen LogP contribution in [0.3, 0.4) is 0 Å². The van der Waals surface area contributed by atoms with E-state index >= 15 is 0 Å².